The van der Waals surface area contributed by atoms with E-state index < -0.39 is 0 Å². The van der Waals surface area contributed by atoms with Gasteiger partial charge in [-0.05, 0) is 30.3 Å². The van der Waals surface area contributed by atoms with E-state index in [1.165, 1.54) is 6.07 Å². The second-order valence-electron chi connectivity index (χ2n) is 4.09. The maximum Gasteiger partial charge on any atom is 0.259 e. The molecule has 0 bridgehead atoms. The number of hydrogen-bond acceptors (Lipinski definition) is 3. The van der Waals surface area contributed by atoms with Crippen LogP contribution in [0.15, 0.2) is 47.3 Å². The van der Waals surface area contributed by atoms with Crippen LogP contribution in [0.1, 0.15) is 0 Å². The van der Waals surface area contributed by atoms with Gasteiger partial charge in [-0.2, -0.15) is 0 Å². The molecule has 0 aliphatic rings. The molecule has 0 aliphatic heterocycles. The molecule has 0 radical (unpaired) electrons. The summed E-state index contributed by atoms with van der Waals surface area (Å²) in [7, 11) is 0. The molecule has 0 fully saturated rings. The second-order valence-corrected chi connectivity index (χ2v) is 4.53. The number of aromatic amines is 1. The van der Waals surface area contributed by atoms with Gasteiger partial charge in [0, 0.05) is 5.02 Å². The van der Waals surface area contributed by atoms with Crippen molar-refractivity contribution in [3.05, 3.63) is 57.8 Å². The van der Waals surface area contributed by atoms with Gasteiger partial charge in [0.2, 0.25) is 0 Å². The second kappa shape index (κ2) is 4.40. The molecule has 0 spiro atoms. The van der Waals surface area contributed by atoms with Gasteiger partial charge in [0.15, 0.2) is 0 Å². The first-order valence-corrected chi connectivity index (χ1v) is 6.01. The number of hydrogen-bond donors (Lipinski definition) is 2. The lowest BCUT2D eigenvalue weighted by atomic mass is 10.1. The molecule has 0 amide bonds. The zero-order chi connectivity index (χ0) is 13.4. The van der Waals surface area contributed by atoms with Crippen molar-refractivity contribution in [2.75, 3.05) is 0 Å². The number of benzene rings is 2. The van der Waals surface area contributed by atoms with E-state index in [4.69, 9.17) is 11.6 Å². The van der Waals surface area contributed by atoms with E-state index in [0.29, 0.717) is 27.3 Å². The summed E-state index contributed by atoms with van der Waals surface area (Å²) in [6.07, 6.45) is 0. The molecule has 3 rings (SSSR count). The molecule has 94 valence electrons. The van der Waals surface area contributed by atoms with Gasteiger partial charge in [-0.15, -0.1) is 0 Å². The number of para-hydroxylation sites is 1. The van der Waals surface area contributed by atoms with Crippen LogP contribution in [0.2, 0.25) is 5.02 Å². The fourth-order valence-electron chi connectivity index (χ4n) is 1.91. The highest BCUT2D eigenvalue weighted by Gasteiger charge is 2.10. The van der Waals surface area contributed by atoms with Crippen LogP contribution >= 0.6 is 11.6 Å². The molecule has 0 saturated heterocycles. The molecule has 19 heavy (non-hydrogen) atoms. The molecule has 2 N–H and O–H groups in total. The summed E-state index contributed by atoms with van der Waals surface area (Å²) in [5.41, 5.74) is 0.718. The standard InChI is InChI=1S/C14H9ClN2O2/c15-8-5-6-12(18)10(7-8)13-16-11-4-2-1-3-9(11)14(19)17-13/h1-7,18H,(H,16,17,19). The van der Waals surface area contributed by atoms with E-state index in [0.717, 1.165) is 0 Å². The number of H-pyrrole nitrogens is 1. The van der Waals surface area contributed by atoms with Gasteiger partial charge in [0.05, 0.1) is 16.5 Å². The number of nitrogens with zero attached hydrogens (tertiary/aromatic N) is 1. The van der Waals surface area contributed by atoms with Crippen molar-refractivity contribution in [2.45, 2.75) is 0 Å². The Morgan fingerprint density at radius 1 is 1.16 bits per heavy atom. The molecule has 0 unspecified atom stereocenters. The number of rotatable bonds is 1. The van der Waals surface area contributed by atoms with Crippen molar-refractivity contribution < 1.29 is 5.11 Å². The first kappa shape index (κ1) is 11.7. The van der Waals surface area contributed by atoms with Crippen molar-refractivity contribution in [3.63, 3.8) is 0 Å². The predicted octanol–water partition coefficient (Wildman–Crippen LogP) is 2.95. The Kier molecular flexibility index (Phi) is 2.72. The third-order valence-electron chi connectivity index (χ3n) is 2.83. The van der Waals surface area contributed by atoms with Crippen molar-refractivity contribution in [2.24, 2.45) is 0 Å². The van der Waals surface area contributed by atoms with Gasteiger partial charge < -0.3 is 10.1 Å². The van der Waals surface area contributed by atoms with E-state index in [1.807, 2.05) is 0 Å². The summed E-state index contributed by atoms with van der Waals surface area (Å²) < 4.78 is 0. The van der Waals surface area contributed by atoms with Gasteiger partial charge in [-0.25, -0.2) is 4.98 Å². The fourth-order valence-corrected chi connectivity index (χ4v) is 2.08. The van der Waals surface area contributed by atoms with Crippen LogP contribution in [0.25, 0.3) is 22.3 Å². The van der Waals surface area contributed by atoms with E-state index >= 15 is 0 Å². The van der Waals surface area contributed by atoms with Crippen LogP contribution in [-0.4, -0.2) is 15.1 Å². The van der Waals surface area contributed by atoms with Crippen LogP contribution in [0.3, 0.4) is 0 Å². The number of aromatic hydroxyl groups is 1. The molecule has 5 heteroatoms. The Morgan fingerprint density at radius 2 is 1.95 bits per heavy atom. The van der Waals surface area contributed by atoms with E-state index in [-0.39, 0.29) is 11.3 Å². The van der Waals surface area contributed by atoms with Crippen molar-refractivity contribution in [1.29, 1.82) is 0 Å². The van der Waals surface area contributed by atoms with Gasteiger partial charge in [-0.1, -0.05) is 23.7 Å². The Hall–Kier alpha value is -2.33. The van der Waals surface area contributed by atoms with Crippen LogP contribution in [-0.2, 0) is 0 Å². The number of aromatic nitrogens is 2. The lowest BCUT2D eigenvalue weighted by Gasteiger charge is -2.05. The summed E-state index contributed by atoms with van der Waals surface area (Å²) in [4.78, 5) is 18.9. The van der Waals surface area contributed by atoms with E-state index in [2.05, 4.69) is 9.97 Å². The summed E-state index contributed by atoms with van der Waals surface area (Å²) >= 11 is 5.89. The lowest BCUT2D eigenvalue weighted by Crippen LogP contribution is -2.09. The fraction of sp³-hybridized carbons (Fsp3) is 0. The van der Waals surface area contributed by atoms with Crippen LogP contribution in [0, 0.1) is 0 Å². The molecular formula is C14H9ClN2O2. The topological polar surface area (TPSA) is 66.0 Å². The SMILES string of the molecule is O=c1[nH]c(-c2cc(Cl)ccc2O)nc2ccccc12. The molecule has 1 heterocycles. The maximum absolute atomic E-state index is 12.0. The molecule has 0 aliphatic carbocycles. The maximum atomic E-state index is 12.0. The monoisotopic (exact) mass is 272 g/mol. The number of fused-ring (bicyclic) bond motifs is 1. The third kappa shape index (κ3) is 2.06. The lowest BCUT2D eigenvalue weighted by molar-refractivity contribution is 0.477. The molecule has 3 aromatic rings. The summed E-state index contributed by atoms with van der Waals surface area (Å²) in [6.45, 7) is 0. The quantitative estimate of drug-likeness (QED) is 0.716. The van der Waals surface area contributed by atoms with Gasteiger partial charge in [0.25, 0.3) is 5.56 Å². The highest BCUT2D eigenvalue weighted by atomic mass is 35.5. The first-order chi connectivity index (χ1) is 9.15. The van der Waals surface area contributed by atoms with Gasteiger partial charge in [-0.3, -0.25) is 4.79 Å². The van der Waals surface area contributed by atoms with Crippen molar-refractivity contribution in [3.8, 4) is 17.1 Å². The highest BCUT2D eigenvalue weighted by Crippen LogP contribution is 2.29. The Bertz CT molecular complexity index is 827. The predicted molar refractivity (Wildman–Crippen MR) is 74.5 cm³/mol. The third-order valence-corrected chi connectivity index (χ3v) is 3.06. The molecule has 0 saturated carbocycles. The smallest absolute Gasteiger partial charge is 0.259 e. The normalized spacial score (nSPS) is 10.8. The largest absolute Gasteiger partial charge is 0.507 e. The summed E-state index contributed by atoms with van der Waals surface area (Å²) in [5.74, 6) is 0.312. The zero-order valence-electron chi connectivity index (χ0n) is 9.72. The molecule has 2 aromatic carbocycles. The van der Waals surface area contributed by atoms with Gasteiger partial charge >= 0.3 is 0 Å². The van der Waals surface area contributed by atoms with Gasteiger partial charge in [0.1, 0.15) is 11.6 Å². The highest BCUT2D eigenvalue weighted by molar-refractivity contribution is 6.30. The number of phenolic OH excluding ortho intramolecular Hbond substituents is 1. The number of nitrogens with one attached hydrogen (secondary N) is 1. The van der Waals surface area contributed by atoms with Crippen molar-refractivity contribution >= 4 is 22.5 Å². The van der Waals surface area contributed by atoms with Crippen LogP contribution < -0.4 is 5.56 Å². The van der Waals surface area contributed by atoms with E-state index in [9.17, 15) is 9.90 Å². The molecular weight excluding hydrogens is 264 g/mol. The number of phenols is 1. The van der Waals surface area contributed by atoms with E-state index in [1.54, 1.807) is 36.4 Å². The summed E-state index contributed by atoms with van der Waals surface area (Å²) in [6, 6.07) is 11.6. The molecule has 1 aromatic heterocycles. The Morgan fingerprint density at radius 3 is 2.79 bits per heavy atom. The molecule has 0 atom stereocenters. The number of halogens is 1. The minimum atomic E-state index is -0.250. The minimum Gasteiger partial charge on any atom is -0.507 e. The Labute approximate surface area is 113 Å². The minimum absolute atomic E-state index is 0.0165. The average Bonchev–Trinajstić information content (AvgIpc) is 2.41. The summed E-state index contributed by atoms with van der Waals surface area (Å²) in [5, 5.41) is 10.8. The first-order valence-electron chi connectivity index (χ1n) is 5.63. The molecule has 4 nitrogen and oxygen atoms in total. The zero-order valence-corrected chi connectivity index (χ0v) is 10.5. The Balaban J connectivity index is 2.31. The average molecular weight is 273 g/mol. The van der Waals surface area contributed by atoms with Crippen molar-refractivity contribution in [1.82, 2.24) is 9.97 Å². The van der Waals surface area contributed by atoms with Crippen LogP contribution in [0.4, 0.5) is 0 Å². The van der Waals surface area contributed by atoms with Crippen LogP contribution in [0.5, 0.6) is 5.75 Å².